The number of carbonyl (C=O) groups excluding carboxylic acids is 1. The lowest BCUT2D eigenvalue weighted by atomic mass is 10.2. The first-order chi connectivity index (χ1) is 9.24. The summed E-state index contributed by atoms with van der Waals surface area (Å²) in [5.74, 6) is -0.0619. The summed E-state index contributed by atoms with van der Waals surface area (Å²) >= 11 is 7.57. The molecule has 2 aromatic rings. The SMILES string of the molecule is O=C(C=Cc1c(Cl)nc2sccn12)NC1CCCC1. The molecule has 0 aromatic carbocycles. The number of rotatable bonds is 3. The van der Waals surface area contributed by atoms with E-state index in [2.05, 4.69) is 10.3 Å². The van der Waals surface area contributed by atoms with Crippen molar-refractivity contribution in [1.82, 2.24) is 14.7 Å². The van der Waals surface area contributed by atoms with Crippen molar-refractivity contribution in [2.24, 2.45) is 0 Å². The van der Waals surface area contributed by atoms with E-state index in [-0.39, 0.29) is 5.91 Å². The predicted octanol–water partition coefficient (Wildman–Crippen LogP) is 3.12. The zero-order valence-corrected chi connectivity index (χ0v) is 11.9. The van der Waals surface area contributed by atoms with Crippen molar-refractivity contribution in [1.29, 1.82) is 0 Å². The zero-order chi connectivity index (χ0) is 13.2. The average Bonchev–Trinajstić information content (AvgIpc) is 3.05. The standard InChI is InChI=1S/C13H14ClN3OS/c14-12-10(17-7-8-19-13(17)16-12)5-6-11(18)15-9-3-1-2-4-9/h5-9H,1-4H2,(H,15,18). The van der Waals surface area contributed by atoms with E-state index in [4.69, 9.17) is 11.6 Å². The maximum Gasteiger partial charge on any atom is 0.244 e. The fourth-order valence-electron chi connectivity index (χ4n) is 2.40. The van der Waals surface area contributed by atoms with Crippen molar-refractivity contribution in [2.45, 2.75) is 31.7 Å². The first-order valence-corrected chi connectivity index (χ1v) is 7.59. The predicted molar refractivity (Wildman–Crippen MR) is 77.5 cm³/mol. The molecule has 0 saturated heterocycles. The summed E-state index contributed by atoms with van der Waals surface area (Å²) in [4.78, 5) is 16.9. The third kappa shape index (κ3) is 2.67. The molecule has 3 rings (SSSR count). The minimum atomic E-state index is -0.0619. The molecule has 1 amide bonds. The van der Waals surface area contributed by atoms with Gasteiger partial charge in [0.1, 0.15) is 0 Å². The van der Waals surface area contributed by atoms with Gasteiger partial charge in [0, 0.05) is 23.7 Å². The van der Waals surface area contributed by atoms with Gasteiger partial charge in [0.2, 0.25) is 5.91 Å². The highest BCUT2D eigenvalue weighted by molar-refractivity contribution is 7.15. The molecule has 0 unspecified atom stereocenters. The fraction of sp³-hybridized carbons (Fsp3) is 0.385. The van der Waals surface area contributed by atoms with E-state index in [1.54, 1.807) is 6.08 Å². The van der Waals surface area contributed by atoms with Crippen LogP contribution in [0.4, 0.5) is 0 Å². The van der Waals surface area contributed by atoms with Gasteiger partial charge in [-0.05, 0) is 18.9 Å². The van der Waals surface area contributed by atoms with Gasteiger partial charge in [0.25, 0.3) is 0 Å². The summed E-state index contributed by atoms with van der Waals surface area (Å²) in [6, 6.07) is 0.333. The number of thiazole rings is 1. The van der Waals surface area contributed by atoms with Crippen molar-refractivity contribution in [3.63, 3.8) is 0 Å². The highest BCUT2D eigenvalue weighted by atomic mass is 35.5. The Morgan fingerprint density at radius 3 is 3.11 bits per heavy atom. The quantitative estimate of drug-likeness (QED) is 0.884. The van der Waals surface area contributed by atoms with Gasteiger partial charge in [-0.1, -0.05) is 24.4 Å². The van der Waals surface area contributed by atoms with Gasteiger partial charge in [-0.3, -0.25) is 9.20 Å². The number of imidazole rings is 1. The molecule has 0 aliphatic heterocycles. The normalized spacial score (nSPS) is 16.7. The molecule has 1 saturated carbocycles. The van der Waals surface area contributed by atoms with Crippen LogP contribution in [0.3, 0.4) is 0 Å². The van der Waals surface area contributed by atoms with Crippen LogP contribution in [0.1, 0.15) is 31.4 Å². The Morgan fingerprint density at radius 1 is 1.53 bits per heavy atom. The third-order valence-corrected chi connectivity index (χ3v) is 4.38. The summed E-state index contributed by atoms with van der Waals surface area (Å²) < 4.78 is 1.88. The van der Waals surface area contributed by atoms with Crippen molar-refractivity contribution >= 4 is 39.9 Å². The molecule has 6 heteroatoms. The smallest absolute Gasteiger partial charge is 0.244 e. The van der Waals surface area contributed by atoms with E-state index in [0.29, 0.717) is 11.2 Å². The molecule has 2 aromatic heterocycles. The number of hydrogen-bond donors (Lipinski definition) is 1. The van der Waals surface area contributed by atoms with Crippen LogP contribution in [0.5, 0.6) is 0 Å². The zero-order valence-electron chi connectivity index (χ0n) is 10.3. The molecule has 0 radical (unpaired) electrons. The summed E-state index contributed by atoms with van der Waals surface area (Å²) in [5, 5.41) is 5.37. The molecular formula is C13H14ClN3OS. The minimum Gasteiger partial charge on any atom is -0.350 e. The fourth-order valence-corrected chi connectivity index (χ4v) is 3.41. The van der Waals surface area contributed by atoms with Gasteiger partial charge in [-0.25, -0.2) is 4.98 Å². The van der Waals surface area contributed by atoms with Crippen molar-refractivity contribution in [3.8, 4) is 0 Å². The monoisotopic (exact) mass is 295 g/mol. The average molecular weight is 296 g/mol. The van der Waals surface area contributed by atoms with Gasteiger partial charge < -0.3 is 5.32 Å². The van der Waals surface area contributed by atoms with Crippen LogP contribution in [0, 0.1) is 0 Å². The summed E-state index contributed by atoms with van der Waals surface area (Å²) in [6.45, 7) is 0. The van der Waals surface area contributed by atoms with E-state index in [1.165, 1.54) is 30.3 Å². The number of hydrogen-bond acceptors (Lipinski definition) is 3. The van der Waals surface area contributed by atoms with E-state index in [1.807, 2.05) is 16.0 Å². The number of nitrogens with one attached hydrogen (secondary N) is 1. The molecule has 100 valence electrons. The van der Waals surface area contributed by atoms with Crippen LogP contribution in [0.25, 0.3) is 11.0 Å². The number of halogens is 1. The molecule has 19 heavy (non-hydrogen) atoms. The van der Waals surface area contributed by atoms with E-state index in [9.17, 15) is 4.79 Å². The summed E-state index contributed by atoms with van der Waals surface area (Å²) in [6.07, 6.45) is 9.74. The Hall–Kier alpha value is -1.33. The number of aromatic nitrogens is 2. The molecule has 0 bridgehead atoms. The number of fused-ring (bicyclic) bond motifs is 1. The Bertz CT molecular complexity index is 625. The second-order valence-electron chi connectivity index (χ2n) is 4.67. The molecule has 1 N–H and O–H groups in total. The van der Waals surface area contributed by atoms with E-state index in [0.717, 1.165) is 23.5 Å². The minimum absolute atomic E-state index is 0.0619. The first kappa shape index (κ1) is 12.7. The Balaban J connectivity index is 1.72. The van der Waals surface area contributed by atoms with E-state index < -0.39 is 0 Å². The third-order valence-electron chi connectivity index (χ3n) is 3.35. The maximum absolute atomic E-state index is 11.8. The molecule has 1 aliphatic rings. The molecule has 1 aliphatic carbocycles. The Morgan fingerprint density at radius 2 is 2.32 bits per heavy atom. The van der Waals surface area contributed by atoms with Crippen molar-refractivity contribution in [2.75, 3.05) is 0 Å². The Kier molecular flexibility index (Phi) is 3.57. The van der Waals surface area contributed by atoms with Crippen molar-refractivity contribution in [3.05, 3.63) is 28.5 Å². The first-order valence-electron chi connectivity index (χ1n) is 6.33. The maximum atomic E-state index is 11.8. The van der Waals surface area contributed by atoms with Gasteiger partial charge >= 0.3 is 0 Å². The molecule has 0 spiro atoms. The lowest BCUT2D eigenvalue weighted by Crippen LogP contribution is -2.30. The Labute approximate surface area is 120 Å². The number of nitrogens with zero attached hydrogens (tertiary/aromatic N) is 2. The lowest BCUT2D eigenvalue weighted by Gasteiger charge is -2.08. The van der Waals surface area contributed by atoms with Crippen LogP contribution in [-0.2, 0) is 4.79 Å². The second kappa shape index (κ2) is 5.35. The molecular weight excluding hydrogens is 282 g/mol. The van der Waals surface area contributed by atoms with Crippen molar-refractivity contribution < 1.29 is 4.79 Å². The van der Waals surface area contributed by atoms with Gasteiger partial charge in [0.05, 0.1) is 5.69 Å². The molecule has 4 nitrogen and oxygen atoms in total. The summed E-state index contributed by atoms with van der Waals surface area (Å²) in [5.41, 5.74) is 0.750. The van der Waals surface area contributed by atoms with Crippen LogP contribution < -0.4 is 5.32 Å². The van der Waals surface area contributed by atoms with Gasteiger partial charge in [0.15, 0.2) is 10.1 Å². The van der Waals surface area contributed by atoms with Crippen LogP contribution in [0.2, 0.25) is 5.15 Å². The van der Waals surface area contributed by atoms with Gasteiger partial charge in [-0.2, -0.15) is 0 Å². The number of amides is 1. The topological polar surface area (TPSA) is 46.4 Å². The highest BCUT2D eigenvalue weighted by Gasteiger charge is 2.16. The largest absolute Gasteiger partial charge is 0.350 e. The molecule has 2 heterocycles. The highest BCUT2D eigenvalue weighted by Crippen LogP contribution is 2.22. The van der Waals surface area contributed by atoms with Crippen LogP contribution in [-0.4, -0.2) is 21.3 Å². The van der Waals surface area contributed by atoms with Gasteiger partial charge in [-0.15, -0.1) is 11.3 Å². The lowest BCUT2D eigenvalue weighted by molar-refractivity contribution is -0.117. The molecule has 0 atom stereocenters. The number of carbonyl (C=O) groups is 1. The summed E-state index contributed by atoms with van der Waals surface area (Å²) in [7, 11) is 0. The van der Waals surface area contributed by atoms with Crippen LogP contribution in [0.15, 0.2) is 17.7 Å². The van der Waals surface area contributed by atoms with Crippen LogP contribution >= 0.6 is 22.9 Å². The van der Waals surface area contributed by atoms with E-state index >= 15 is 0 Å². The second-order valence-corrected chi connectivity index (χ2v) is 5.90. The molecule has 1 fully saturated rings.